The minimum atomic E-state index is 0.579. The fourth-order valence-electron chi connectivity index (χ4n) is 2.67. The number of aliphatic imine (C=N–C) groups is 1. The van der Waals surface area contributed by atoms with Crippen LogP contribution in [0.25, 0.3) is 0 Å². The number of piperidine rings is 1. The van der Waals surface area contributed by atoms with Gasteiger partial charge in [-0.2, -0.15) is 0 Å². The fraction of sp³-hybridized carbons (Fsp3) is 0.333. The van der Waals surface area contributed by atoms with Crippen LogP contribution in [0.3, 0.4) is 0 Å². The van der Waals surface area contributed by atoms with E-state index < -0.39 is 0 Å². The number of benzene rings is 1. The van der Waals surface area contributed by atoms with Crippen LogP contribution >= 0.6 is 0 Å². The maximum atomic E-state index is 5.44. The van der Waals surface area contributed by atoms with Crippen LogP contribution in [0.2, 0.25) is 0 Å². The average molecular weight is 295 g/mol. The third kappa shape index (κ3) is 3.92. The van der Waals surface area contributed by atoms with Gasteiger partial charge < -0.3 is 9.64 Å². The summed E-state index contributed by atoms with van der Waals surface area (Å²) in [6.45, 7) is 2.30. The molecule has 1 aromatic carbocycles. The zero-order chi connectivity index (χ0) is 15.2. The van der Waals surface area contributed by atoms with E-state index in [1.807, 2.05) is 42.6 Å². The van der Waals surface area contributed by atoms with E-state index in [1.54, 1.807) is 0 Å². The Morgan fingerprint density at radius 3 is 2.59 bits per heavy atom. The topological polar surface area (TPSA) is 37.7 Å². The van der Waals surface area contributed by atoms with Crippen LogP contribution in [-0.2, 0) is 0 Å². The number of likely N-dealkylation sites (tertiary alicyclic amines) is 1. The van der Waals surface area contributed by atoms with Crippen LogP contribution in [0.4, 0.5) is 5.69 Å². The van der Waals surface area contributed by atoms with E-state index >= 15 is 0 Å². The molecule has 1 aliphatic heterocycles. The maximum absolute atomic E-state index is 5.44. The molecule has 0 N–H and O–H groups in total. The Morgan fingerprint density at radius 2 is 1.91 bits per heavy atom. The van der Waals surface area contributed by atoms with Gasteiger partial charge in [-0.3, -0.25) is 4.98 Å². The second-order valence-electron chi connectivity index (χ2n) is 5.68. The van der Waals surface area contributed by atoms with Crippen molar-refractivity contribution in [3.63, 3.8) is 0 Å². The molecule has 2 heterocycles. The predicted molar refractivity (Wildman–Crippen MR) is 88.9 cm³/mol. The summed E-state index contributed by atoms with van der Waals surface area (Å²) in [4.78, 5) is 11.2. The van der Waals surface area contributed by atoms with E-state index in [0.29, 0.717) is 5.92 Å². The molecule has 4 heteroatoms. The van der Waals surface area contributed by atoms with Crippen LogP contribution in [-0.4, -0.2) is 36.4 Å². The molecule has 4 nitrogen and oxygen atoms in total. The Bertz CT molecular complexity index is 602. The Hall–Kier alpha value is -2.20. The largest absolute Gasteiger partial charge is 0.446 e. The van der Waals surface area contributed by atoms with Gasteiger partial charge in [0.05, 0.1) is 11.9 Å². The molecule has 1 aromatic heterocycles. The van der Waals surface area contributed by atoms with Crippen molar-refractivity contribution >= 4 is 12.1 Å². The molecule has 1 saturated heterocycles. The first-order valence-corrected chi connectivity index (χ1v) is 7.70. The van der Waals surface area contributed by atoms with Gasteiger partial charge in [0.2, 0.25) is 0 Å². The number of aromatic nitrogens is 1. The van der Waals surface area contributed by atoms with Gasteiger partial charge in [0, 0.05) is 11.6 Å². The minimum Gasteiger partial charge on any atom is -0.446 e. The highest BCUT2D eigenvalue weighted by atomic mass is 16.5. The summed E-state index contributed by atoms with van der Waals surface area (Å²) in [6, 6.07) is 13.7. The molecule has 0 bridgehead atoms. The first kappa shape index (κ1) is 14.7. The number of nitrogens with zero attached hydrogens (tertiary/aromatic N) is 3. The van der Waals surface area contributed by atoms with Crippen molar-refractivity contribution in [1.82, 2.24) is 9.88 Å². The number of para-hydroxylation sites is 1. The maximum Gasteiger partial charge on any atom is 0.181 e. The Morgan fingerprint density at radius 1 is 1.14 bits per heavy atom. The molecule has 0 unspecified atom stereocenters. The fourth-order valence-corrected chi connectivity index (χ4v) is 2.67. The molecule has 22 heavy (non-hydrogen) atoms. The second kappa shape index (κ2) is 7.18. The number of rotatable bonds is 4. The van der Waals surface area contributed by atoms with E-state index in [4.69, 9.17) is 4.74 Å². The molecule has 0 radical (unpaired) electrons. The van der Waals surface area contributed by atoms with Gasteiger partial charge in [0.15, 0.2) is 6.40 Å². The lowest BCUT2D eigenvalue weighted by Gasteiger charge is -2.28. The van der Waals surface area contributed by atoms with Gasteiger partial charge in [0.25, 0.3) is 0 Å². The van der Waals surface area contributed by atoms with Crippen molar-refractivity contribution < 1.29 is 4.74 Å². The van der Waals surface area contributed by atoms with Crippen LogP contribution < -0.4 is 4.74 Å². The van der Waals surface area contributed by atoms with Gasteiger partial charge in [-0.05, 0) is 57.2 Å². The zero-order valence-electron chi connectivity index (χ0n) is 12.9. The Balaban J connectivity index is 1.57. The molecule has 0 spiro atoms. The Kier molecular flexibility index (Phi) is 4.81. The van der Waals surface area contributed by atoms with Crippen LogP contribution in [0.5, 0.6) is 5.75 Å². The third-order valence-corrected chi connectivity index (χ3v) is 4.04. The lowest BCUT2D eigenvalue weighted by atomic mass is 9.93. The normalized spacial score (nSPS) is 17.0. The van der Waals surface area contributed by atoms with Crippen molar-refractivity contribution in [1.29, 1.82) is 0 Å². The summed E-state index contributed by atoms with van der Waals surface area (Å²) in [6.07, 6.45) is 5.65. The van der Waals surface area contributed by atoms with Crippen LogP contribution in [0, 0.1) is 0 Å². The summed E-state index contributed by atoms with van der Waals surface area (Å²) in [5, 5.41) is 0. The quantitative estimate of drug-likeness (QED) is 0.638. The van der Waals surface area contributed by atoms with E-state index in [1.165, 1.54) is 24.9 Å². The minimum absolute atomic E-state index is 0.579. The first-order valence-electron chi connectivity index (χ1n) is 7.70. The van der Waals surface area contributed by atoms with E-state index in [-0.39, 0.29) is 0 Å². The molecule has 3 rings (SSSR count). The van der Waals surface area contributed by atoms with Gasteiger partial charge in [0.1, 0.15) is 5.75 Å². The molecule has 2 aromatic rings. The highest BCUT2D eigenvalue weighted by molar-refractivity contribution is 5.58. The molecule has 1 aliphatic rings. The lowest BCUT2D eigenvalue weighted by Crippen LogP contribution is -2.29. The zero-order valence-corrected chi connectivity index (χ0v) is 12.9. The number of hydrogen-bond acceptors (Lipinski definition) is 4. The highest BCUT2D eigenvalue weighted by Gasteiger charge is 2.19. The van der Waals surface area contributed by atoms with Crippen LogP contribution in [0.15, 0.2) is 53.7 Å². The Labute approximate surface area is 131 Å². The van der Waals surface area contributed by atoms with Gasteiger partial charge in [-0.15, -0.1) is 0 Å². The summed E-state index contributed by atoms with van der Waals surface area (Å²) in [5.41, 5.74) is 1.99. The lowest BCUT2D eigenvalue weighted by molar-refractivity contribution is 0.253. The highest BCUT2D eigenvalue weighted by Crippen LogP contribution is 2.26. The molecule has 0 aliphatic carbocycles. The summed E-state index contributed by atoms with van der Waals surface area (Å²) in [7, 11) is 2.17. The molecular formula is C18H21N3O. The summed E-state index contributed by atoms with van der Waals surface area (Å²) >= 11 is 0. The summed E-state index contributed by atoms with van der Waals surface area (Å²) < 4.78 is 5.44. The van der Waals surface area contributed by atoms with Crippen LogP contribution in [0.1, 0.15) is 24.5 Å². The number of hydrogen-bond donors (Lipinski definition) is 0. The van der Waals surface area contributed by atoms with Crippen molar-refractivity contribution in [3.8, 4) is 5.75 Å². The van der Waals surface area contributed by atoms with Crippen molar-refractivity contribution in [2.75, 3.05) is 20.1 Å². The molecule has 0 atom stereocenters. The average Bonchev–Trinajstić information content (AvgIpc) is 2.57. The monoisotopic (exact) mass is 295 g/mol. The molecule has 0 amide bonds. The molecule has 1 fully saturated rings. The number of pyridine rings is 1. The smallest absolute Gasteiger partial charge is 0.181 e. The molecule has 0 saturated carbocycles. The van der Waals surface area contributed by atoms with E-state index in [9.17, 15) is 0 Å². The summed E-state index contributed by atoms with van der Waals surface area (Å²) in [5.74, 6) is 1.36. The standard InChI is InChI=1S/C18H21N3O/c1-21-11-9-15(10-12-21)18-8-7-16(13-19-18)20-14-22-17-5-3-2-4-6-17/h2-8,13-15H,9-12H2,1H3/b20-14+. The third-order valence-electron chi connectivity index (χ3n) is 4.04. The van der Waals surface area contributed by atoms with Gasteiger partial charge in [-0.25, -0.2) is 4.99 Å². The van der Waals surface area contributed by atoms with Crippen molar-refractivity contribution in [2.24, 2.45) is 4.99 Å². The van der Waals surface area contributed by atoms with Gasteiger partial charge in [-0.1, -0.05) is 18.2 Å². The van der Waals surface area contributed by atoms with E-state index in [0.717, 1.165) is 24.5 Å². The SMILES string of the molecule is CN1CCC(c2ccc(/N=C/Oc3ccccc3)cn2)CC1. The predicted octanol–water partition coefficient (Wildman–Crippen LogP) is 3.63. The molecule has 114 valence electrons. The van der Waals surface area contributed by atoms with Gasteiger partial charge >= 0.3 is 0 Å². The second-order valence-corrected chi connectivity index (χ2v) is 5.68. The number of ether oxygens (including phenoxy) is 1. The van der Waals surface area contributed by atoms with Crippen molar-refractivity contribution in [2.45, 2.75) is 18.8 Å². The van der Waals surface area contributed by atoms with E-state index in [2.05, 4.69) is 28.0 Å². The molecular weight excluding hydrogens is 274 g/mol. The van der Waals surface area contributed by atoms with Crippen molar-refractivity contribution in [3.05, 3.63) is 54.4 Å². The first-order chi connectivity index (χ1) is 10.8.